The standard InChI is InChI=1S/C13H21NO/c1-2-3-8-14-9-11-6-4-5-7-13(15)12(11)10-14/h9-10,13,15H,2-8H2,1H3. The van der Waals surface area contributed by atoms with Crippen molar-refractivity contribution in [2.75, 3.05) is 0 Å². The van der Waals surface area contributed by atoms with Gasteiger partial charge in [0.1, 0.15) is 0 Å². The zero-order valence-electron chi connectivity index (χ0n) is 9.58. The Balaban J connectivity index is 2.14. The minimum atomic E-state index is -0.217. The van der Waals surface area contributed by atoms with Crippen LogP contribution in [0.2, 0.25) is 0 Å². The molecule has 1 N–H and O–H groups in total. The Morgan fingerprint density at radius 3 is 3.07 bits per heavy atom. The van der Waals surface area contributed by atoms with Crippen LogP contribution in [0.3, 0.4) is 0 Å². The number of aliphatic hydroxyl groups excluding tert-OH is 1. The minimum Gasteiger partial charge on any atom is -0.388 e. The molecule has 0 aromatic carbocycles. The average molecular weight is 207 g/mol. The fourth-order valence-electron chi connectivity index (χ4n) is 2.36. The van der Waals surface area contributed by atoms with Crippen molar-refractivity contribution in [2.24, 2.45) is 0 Å². The molecule has 1 aromatic heterocycles. The van der Waals surface area contributed by atoms with Gasteiger partial charge in [-0.25, -0.2) is 0 Å². The lowest BCUT2D eigenvalue weighted by molar-refractivity contribution is 0.166. The Morgan fingerprint density at radius 2 is 2.27 bits per heavy atom. The summed E-state index contributed by atoms with van der Waals surface area (Å²) < 4.78 is 2.25. The molecule has 2 heteroatoms. The van der Waals surface area contributed by atoms with Crippen LogP contribution in [0.25, 0.3) is 0 Å². The van der Waals surface area contributed by atoms with Crippen molar-refractivity contribution in [2.45, 2.75) is 58.1 Å². The molecule has 1 aromatic rings. The molecule has 1 aliphatic carbocycles. The summed E-state index contributed by atoms with van der Waals surface area (Å²) in [6.07, 6.45) is 11.1. The van der Waals surface area contributed by atoms with Crippen LogP contribution in [0.4, 0.5) is 0 Å². The van der Waals surface area contributed by atoms with Gasteiger partial charge in [0.25, 0.3) is 0 Å². The quantitative estimate of drug-likeness (QED) is 0.757. The monoisotopic (exact) mass is 207 g/mol. The molecule has 0 radical (unpaired) electrons. The molecule has 0 fully saturated rings. The van der Waals surface area contributed by atoms with Crippen LogP contribution in [-0.2, 0) is 13.0 Å². The van der Waals surface area contributed by atoms with E-state index in [4.69, 9.17) is 0 Å². The maximum atomic E-state index is 9.97. The van der Waals surface area contributed by atoms with E-state index in [0.29, 0.717) is 0 Å². The Bertz CT molecular complexity index is 316. The van der Waals surface area contributed by atoms with E-state index in [1.165, 1.54) is 30.4 Å². The average Bonchev–Trinajstić information content (AvgIpc) is 2.57. The van der Waals surface area contributed by atoms with Crippen LogP contribution < -0.4 is 0 Å². The first kappa shape index (κ1) is 10.7. The second-order valence-electron chi connectivity index (χ2n) is 4.59. The molecule has 0 saturated heterocycles. The molecule has 1 unspecified atom stereocenters. The fourth-order valence-corrected chi connectivity index (χ4v) is 2.36. The van der Waals surface area contributed by atoms with E-state index in [9.17, 15) is 5.11 Å². The molecular formula is C13H21NO. The molecule has 2 rings (SSSR count). The largest absolute Gasteiger partial charge is 0.388 e. The Kier molecular flexibility index (Phi) is 3.47. The molecule has 84 valence electrons. The molecule has 0 spiro atoms. The number of fused-ring (bicyclic) bond motifs is 1. The van der Waals surface area contributed by atoms with E-state index >= 15 is 0 Å². The van der Waals surface area contributed by atoms with Crippen LogP contribution in [-0.4, -0.2) is 9.67 Å². The molecule has 0 saturated carbocycles. The lowest BCUT2D eigenvalue weighted by atomic mass is 10.1. The molecule has 1 heterocycles. The summed E-state index contributed by atoms with van der Waals surface area (Å²) in [6.45, 7) is 3.31. The van der Waals surface area contributed by atoms with Crippen LogP contribution in [0, 0.1) is 0 Å². The van der Waals surface area contributed by atoms with Crippen LogP contribution in [0.5, 0.6) is 0 Å². The topological polar surface area (TPSA) is 25.2 Å². The Morgan fingerprint density at radius 1 is 1.40 bits per heavy atom. The summed E-state index contributed by atoms with van der Waals surface area (Å²) in [5.74, 6) is 0. The lowest BCUT2D eigenvalue weighted by Crippen LogP contribution is -1.96. The Labute approximate surface area is 91.9 Å². The summed E-state index contributed by atoms with van der Waals surface area (Å²) in [5, 5.41) is 9.97. The first-order chi connectivity index (χ1) is 7.31. The number of hydrogen-bond acceptors (Lipinski definition) is 1. The number of hydrogen-bond donors (Lipinski definition) is 1. The molecule has 0 aliphatic heterocycles. The van der Waals surface area contributed by atoms with Crippen molar-refractivity contribution < 1.29 is 5.11 Å². The minimum absolute atomic E-state index is 0.217. The van der Waals surface area contributed by atoms with E-state index in [0.717, 1.165) is 25.8 Å². The summed E-state index contributed by atoms with van der Waals surface area (Å²) in [5.41, 5.74) is 2.56. The van der Waals surface area contributed by atoms with E-state index in [2.05, 4.69) is 23.9 Å². The van der Waals surface area contributed by atoms with Gasteiger partial charge in [0.2, 0.25) is 0 Å². The second-order valence-corrected chi connectivity index (χ2v) is 4.59. The third-order valence-corrected chi connectivity index (χ3v) is 3.30. The molecular weight excluding hydrogens is 186 g/mol. The first-order valence-electron chi connectivity index (χ1n) is 6.18. The Hall–Kier alpha value is -0.760. The smallest absolute Gasteiger partial charge is 0.0807 e. The third kappa shape index (κ3) is 2.43. The summed E-state index contributed by atoms with van der Waals surface area (Å²) in [7, 11) is 0. The highest BCUT2D eigenvalue weighted by Crippen LogP contribution is 2.29. The highest BCUT2D eigenvalue weighted by molar-refractivity contribution is 5.27. The van der Waals surface area contributed by atoms with Crippen molar-refractivity contribution in [3.63, 3.8) is 0 Å². The number of unbranched alkanes of at least 4 members (excludes halogenated alkanes) is 1. The molecule has 1 atom stereocenters. The van der Waals surface area contributed by atoms with Gasteiger partial charge in [-0.15, -0.1) is 0 Å². The van der Waals surface area contributed by atoms with E-state index in [1.54, 1.807) is 0 Å². The number of rotatable bonds is 3. The van der Waals surface area contributed by atoms with Crippen molar-refractivity contribution in [3.8, 4) is 0 Å². The molecule has 0 bridgehead atoms. The SMILES string of the molecule is CCCCn1cc2c(c1)C(O)CCCC2. The van der Waals surface area contributed by atoms with E-state index in [1.807, 2.05) is 0 Å². The number of aromatic nitrogens is 1. The first-order valence-corrected chi connectivity index (χ1v) is 6.18. The lowest BCUT2D eigenvalue weighted by Gasteiger charge is -2.06. The van der Waals surface area contributed by atoms with Crippen molar-refractivity contribution in [3.05, 3.63) is 23.5 Å². The van der Waals surface area contributed by atoms with Gasteiger partial charge in [-0.05, 0) is 31.2 Å². The van der Waals surface area contributed by atoms with Gasteiger partial charge in [0, 0.05) is 24.5 Å². The molecule has 2 nitrogen and oxygen atoms in total. The van der Waals surface area contributed by atoms with E-state index < -0.39 is 0 Å². The van der Waals surface area contributed by atoms with Crippen LogP contribution in [0.15, 0.2) is 12.4 Å². The molecule has 15 heavy (non-hydrogen) atoms. The van der Waals surface area contributed by atoms with Crippen molar-refractivity contribution in [1.82, 2.24) is 4.57 Å². The summed E-state index contributed by atoms with van der Waals surface area (Å²) >= 11 is 0. The van der Waals surface area contributed by atoms with Gasteiger partial charge in [0.15, 0.2) is 0 Å². The number of aryl methyl sites for hydroxylation is 2. The van der Waals surface area contributed by atoms with Gasteiger partial charge in [-0.1, -0.05) is 19.8 Å². The predicted molar refractivity (Wildman–Crippen MR) is 61.9 cm³/mol. The highest BCUT2D eigenvalue weighted by Gasteiger charge is 2.17. The van der Waals surface area contributed by atoms with Gasteiger partial charge in [-0.3, -0.25) is 0 Å². The summed E-state index contributed by atoms with van der Waals surface area (Å²) in [6, 6.07) is 0. The number of aliphatic hydroxyl groups is 1. The maximum absolute atomic E-state index is 9.97. The number of nitrogens with zero attached hydrogens (tertiary/aromatic N) is 1. The fraction of sp³-hybridized carbons (Fsp3) is 0.692. The van der Waals surface area contributed by atoms with Gasteiger partial charge >= 0.3 is 0 Å². The molecule has 0 amide bonds. The predicted octanol–water partition coefficient (Wildman–Crippen LogP) is 3.05. The third-order valence-electron chi connectivity index (χ3n) is 3.30. The zero-order chi connectivity index (χ0) is 10.7. The summed E-state index contributed by atoms with van der Waals surface area (Å²) in [4.78, 5) is 0. The van der Waals surface area contributed by atoms with E-state index in [-0.39, 0.29) is 6.10 Å². The van der Waals surface area contributed by atoms with Gasteiger partial charge < -0.3 is 9.67 Å². The van der Waals surface area contributed by atoms with Gasteiger partial charge in [-0.2, -0.15) is 0 Å². The van der Waals surface area contributed by atoms with Crippen molar-refractivity contribution >= 4 is 0 Å². The highest BCUT2D eigenvalue weighted by atomic mass is 16.3. The maximum Gasteiger partial charge on any atom is 0.0807 e. The molecule has 1 aliphatic rings. The van der Waals surface area contributed by atoms with Gasteiger partial charge in [0.05, 0.1) is 6.10 Å². The van der Waals surface area contributed by atoms with Crippen LogP contribution >= 0.6 is 0 Å². The van der Waals surface area contributed by atoms with Crippen molar-refractivity contribution in [1.29, 1.82) is 0 Å². The van der Waals surface area contributed by atoms with Crippen LogP contribution in [0.1, 0.15) is 56.3 Å². The zero-order valence-corrected chi connectivity index (χ0v) is 9.58. The second kappa shape index (κ2) is 4.84. The normalized spacial score (nSPS) is 21.1.